The molecule has 0 bridgehead atoms. The van der Waals surface area contributed by atoms with Crippen LogP contribution in [0.2, 0.25) is 0 Å². The minimum Gasteiger partial charge on any atom is -0.389 e. The van der Waals surface area contributed by atoms with Gasteiger partial charge in [0.25, 0.3) is 0 Å². The van der Waals surface area contributed by atoms with E-state index in [0.29, 0.717) is 11.3 Å². The van der Waals surface area contributed by atoms with E-state index in [9.17, 15) is 14.7 Å². The van der Waals surface area contributed by atoms with Crippen molar-refractivity contribution >= 4 is 33.2 Å². The normalized spacial score (nSPS) is 24.8. The second-order valence-electron chi connectivity index (χ2n) is 7.59. The molecule has 2 aromatic rings. The highest BCUT2D eigenvalue weighted by Gasteiger charge is 2.49. The van der Waals surface area contributed by atoms with Crippen LogP contribution >= 0.6 is 15.9 Å². The zero-order valence-electron chi connectivity index (χ0n) is 16.2. The first-order valence-corrected chi connectivity index (χ1v) is 10.0. The highest BCUT2D eigenvalue weighted by Crippen LogP contribution is 2.47. The van der Waals surface area contributed by atoms with Gasteiger partial charge in [-0.25, -0.2) is 0 Å². The van der Waals surface area contributed by atoms with Crippen molar-refractivity contribution in [3.63, 3.8) is 0 Å². The molecule has 0 amide bonds. The highest BCUT2D eigenvalue weighted by molar-refractivity contribution is 9.10. The van der Waals surface area contributed by atoms with Gasteiger partial charge in [-0.3, -0.25) is 9.59 Å². The number of ketones is 2. The number of carbonyl (C=O) groups excluding carboxylic acids is 2. The number of aliphatic hydroxyl groups is 1. The van der Waals surface area contributed by atoms with E-state index in [0.717, 1.165) is 15.7 Å². The molecule has 0 heterocycles. The van der Waals surface area contributed by atoms with Crippen molar-refractivity contribution in [1.82, 2.24) is 0 Å². The Balaban J connectivity index is 2.18. The number of rotatable bonds is 5. The Kier molecular flexibility index (Phi) is 5.87. The van der Waals surface area contributed by atoms with Crippen molar-refractivity contribution in [2.24, 2.45) is 5.92 Å². The second kappa shape index (κ2) is 8.02. The largest absolute Gasteiger partial charge is 0.389 e. The maximum absolute atomic E-state index is 12.7. The number of nitrogens with one attached hydrogen (secondary N) is 1. The number of benzene rings is 2. The SMILES string of the molecule is CC(=O)C1=C(Nc2ccc(Br)cc2)C[C@@](C)(O)[C@H](C(C)=O)[C@@H]1c1ccccc1. The van der Waals surface area contributed by atoms with Crippen LogP contribution in [0.1, 0.15) is 38.7 Å². The van der Waals surface area contributed by atoms with E-state index in [2.05, 4.69) is 21.2 Å². The number of allylic oxidation sites excluding steroid dienone is 1. The lowest BCUT2D eigenvalue weighted by molar-refractivity contribution is -0.131. The molecule has 0 aromatic heterocycles. The zero-order chi connectivity index (χ0) is 20.5. The maximum atomic E-state index is 12.7. The van der Waals surface area contributed by atoms with E-state index in [1.807, 2.05) is 54.6 Å². The third kappa shape index (κ3) is 4.10. The van der Waals surface area contributed by atoms with Crippen molar-refractivity contribution in [2.75, 3.05) is 5.32 Å². The Labute approximate surface area is 173 Å². The lowest BCUT2D eigenvalue weighted by Gasteiger charge is -2.43. The van der Waals surface area contributed by atoms with Crippen molar-refractivity contribution < 1.29 is 14.7 Å². The van der Waals surface area contributed by atoms with Gasteiger partial charge >= 0.3 is 0 Å². The minimum atomic E-state index is -1.27. The number of halogens is 1. The molecule has 0 unspecified atom stereocenters. The molecule has 1 aliphatic rings. The second-order valence-corrected chi connectivity index (χ2v) is 8.51. The van der Waals surface area contributed by atoms with Gasteiger partial charge in [-0.1, -0.05) is 46.3 Å². The van der Waals surface area contributed by atoms with E-state index in [1.165, 1.54) is 13.8 Å². The van der Waals surface area contributed by atoms with E-state index >= 15 is 0 Å². The third-order valence-corrected chi connectivity index (χ3v) is 5.82. The Morgan fingerprint density at radius 3 is 2.21 bits per heavy atom. The number of hydrogen-bond donors (Lipinski definition) is 2. The molecule has 1 aliphatic carbocycles. The van der Waals surface area contributed by atoms with E-state index in [1.54, 1.807) is 6.92 Å². The van der Waals surface area contributed by atoms with Crippen molar-refractivity contribution in [2.45, 2.75) is 38.7 Å². The first-order valence-electron chi connectivity index (χ1n) is 9.25. The summed E-state index contributed by atoms with van der Waals surface area (Å²) in [4.78, 5) is 25.3. The predicted molar refractivity (Wildman–Crippen MR) is 114 cm³/mol. The van der Waals surface area contributed by atoms with Crippen LogP contribution in [0.3, 0.4) is 0 Å². The lowest BCUT2D eigenvalue weighted by atomic mass is 9.64. The van der Waals surface area contributed by atoms with Crippen LogP contribution < -0.4 is 5.32 Å². The molecular weight excluding hydrogens is 418 g/mol. The van der Waals surface area contributed by atoms with Gasteiger partial charge in [-0.2, -0.15) is 0 Å². The Bertz CT molecular complexity index is 917. The Morgan fingerprint density at radius 2 is 1.68 bits per heavy atom. The molecule has 0 saturated carbocycles. The van der Waals surface area contributed by atoms with Crippen molar-refractivity contribution in [3.05, 3.63) is 75.9 Å². The third-order valence-electron chi connectivity index (χ3n) is 5.29. The smallest absolute Gasteiger partial charge is 0.158 e. The molecule has 3 rings (SSSR count). The van der Waals surface area contributed by atoms with Crippen LogP contribution in [-0.4, -0.2) is 22.3 Å². The minimum absolute atomic E-state index is 0.102. The number of anilines is 1. The molecule has 2 N–H and O–H groups in total. The molecular formula is C23H24BrNO3. The zero-order valence-corrected chi connectivity index (χ0v) is 17.8. The van der Waals surface area contributed by atoms with E-state index < -0.39 is 17.4 Å². The average molecular weight is 442 g/mol. The fourth-order valence-electron chi connectivity index (χ4n) is 4.22. The summed E-state index contributed by atoms with van der Waals surface area (Å²) in [6.07, 6.45) is 0.200. The maximum Gasteiger partial charge on any atom is 0.158 e. The lowest BCUT2D eigenvalue weighted by Crippen LogP contribution is -2.48. The Morgan fingerprint density at radius 1 is 1.07 bits per heavy atom. The molecule has 28 heavy (non-hydrogen) atoms. The van der Waals surface area contributed by atoms with Gasteiger partial charge < -0.3 is 10.4 Å². The summed E-state index contributed by atoms with van der Waals surface area (Å²) in [5.41, 5.74) is 1.61. The first kappa shape index (κ1) is 20.5. The Hall–Kier alpha value is -2.24. The topological polar surface area (TPSA) is 66.4 Å². The van der Waals surface area contributed by atoms with Crippen LogP contribution in [0.15, 0.2) is 70.3 Å². The molecule has 0 radical (unpaired) electrons. The number of hydrogen-bond acceptors (Lipinski definition) is 4. The van der Waals surface area contributed by atoms with Gasteiger partial charge in [0.2, 0.25) is 0 Å². The van der Waals surface area contributed by atoms with Gasteiger partial charge in [0, 0.05) is 33.8 Å². The summed E-state index contributed by atoms with van der Waals surface area (Å²) in [6.45, 7) is 4.68. The van der Waals surface area contributed by atoms with Crippen molar-refractivity contribution in [1.29, 1.82) is 0 Å². The molecule has 5 heteroatoms. The molecule has 2 aromatic carbocycles. The standard InChI is InChI=1S/C23H24BrNO3/c1-14(26)20-19(25-18-11-9-17(24)10-12-18)13-23(3,28)22(15(2)27)21(20)16-7-5-4-6-8-16/h4-12,21-22,25,28H,13H2,1-3H3/t21-,22-,23-/m1/s1. The fraction of sp³-hybridized carbons (Fsp3) is 0.304. The monoisotopic (exact) mass is 441 g/mol. The van der Waals surface area contributed by atoms with Gasteiger partial charge in [0.1, 0.15) is 5.78 Å². The average Bonchev–Trinajstić information content (AvgIpc) is 2.62. The van der Waals surface area contributed by atoms with Crippen LogP contribution in [0.4, 0.5) is 5.69 Å². The molecule has 3 atom stereocenters. The highest BCUT2D eigenvalue weighted by atomic mass is 79.9. The number of Topliss-reactive ketones (excluding diaryl/α,β-unsaturated/α-hetero) is 2. The summed E-state index contributed by atoms with van der Waals surface area (Å²) in [6, 6.07) is 17.1. The van der Waals surface area contributed by atoms with Crippen molar-refractivity contribution in [3.8, 4) is 0 Å². The van der Waals surface area contributed by atoms with Crippen LogP contribution in [-0.2, 0) is 9.59 Å². The molecule has 0 aliphatic heterocycles. The molecule has 0 fully saturated rings. The summed E-state index contributed by atoms with van der Waals surface area (Å²) < 4.78 is 0.952. The molecule has 146 valence electrons. The summed E-state index contributed by atoms with van der Waals surface area (Å²) in [5.74, 6) is -1.42. The van der Waals surface area contributed by atoms with Gasteiger partial charge in [0.05, 0.1) is 11.5 Å². The van der Waals surface area contributed by atoms with Gasteiger partial charge in [-0.05, 0) is 50.6 Å². The van der Waals surface area contributed by atoms with Crippen LogP contribution in [0.5, 0.6) is 0 Å². The summed E-state index contributed by atoms with van der Waals surface area (Å²) >= 11 is 3.42. The van der Waals surface area contributed by atoms with Gasteiger partial charge in [-0.15, -0.1) is 0 Å². The predicted octanol–water partition coefficient (Wildman–Crippen LogP) is 4.85. The summed E-state index contributed by atoms with van der Waals surface area (Å²) in [7, 11) is 0. The van der Waals surface area contributed by atoms with E-state index in [4.69, 9.17) is 0 Å². The summed E-state index contributed by atoms with van der Waals surface area (Å²) in [5, 5.41) is 14.5. The molecule has 4 nitrogen and oxygen atoms in total. The molecule has 0 spiro atoms. The quantitative estimate of drug-likeness (QED) is 0.695. The first-order chi connectivity index (χ1) is 13.2. The van der Waals surface area contributed by atoms with E-state index in [-0.39, 0.29) is 18.0 Å². The van der Waals surface area contributed by atoms with Gasteiger partial charge in [0.15, 0.2) is 5.78 Å². The van der Waals surface area contributed by atoms with Crippen LogP contribution in [0.25, 0.3) is 0 Å². The van der Waals surface area contributed by atoms with Crippen LogP contribution in [0, 0.1) is 5.92 Å². The number of carbonyl (C=O) groups is 2. The molecule has 0 saturated heterocycles. The fourth-order valence-corrected chi connectivity index (χ4v) is 4.48.